The Kier molecular flexibility index (Phi) is 2.78. The van der Waals surface area contributed by atoms with Crippen molar-refractivity contribution in [2.45, 2.75) is 6.92 Å². The maximum atomic E-state index is 10.6. The molecule has 1 aliphatic heterocycles. The smallest absolute Gasteiger partial charge is 0.273 e. The number of carbonyl (C=O) groups excluding carboxylic acids is 1. The van der Waals surface area contributed by atoms with Gasteiger partial charge in [0, 0.05) is 18.7 Å². The van der Waals surface area contributed by atoms with E-state index in [9.17, 15) is 14.9 Å². The molecule has 17 heavy (non-hydrogen) atoms. The average Bonchev–Trinajstić information content (AvgIpc) is 2.65. The van der Waals surface area contributed by atoms with Crippen LogP contribution in [0.5, 0.6) is 5.75 Å². The van der Waals surface area contributed by atoms with Crippen LogP contribution in [0.2, 0.25) is 0 Å². The van der Waals surface area contributed by atoms with Crippen LogP contribution in [-0.2, 0) is 4.79 Å². The molecule has 0 N–H and O–H groups in total. The first-order chi connectivity index (χ1) is 8.17. The third-order valence-corrected chi connectivity index (χ3v) is 2.45. The Morgan fingerprint density at radius 3 is 2.88 bits per heavy atom. The number of aldehydes is 1. The van der Waals surface area contributed by atoms with Crippen LogP contribution in [0.25, 0.3) is 0 Å². The lowest BCUT2D eigenvalue weighted by molar-refractivity contribution is -0.384. The molecule has 0 saturated carbocycles. The standard InChI is InChI=1S/C11H10N2O4/c1-2-12-9-4-3-8(13(15)16)7-10(9)17-11(12)5-6-14/h3-7H,2H2,1H3. The minimum atomic E-state index is -0.485. The molecule has 0 spiro atoms. The number of hydrogen-bond donors (Lipinski definition) is 0. The van der Waals surface area contributed by atoms with Crippen molar-refractivity contribution < 1.29 is 14.5 Å². The average molecular weight is 234 g/mol. The molecule has 0 amide bonds. The number of ether oxygens (including phenoxy) is 1. The van der Waals surface area contributed by atoms with Gasteiger partial charge in [0.2, 0.25) is 5.88 Å². The number of nitro benzene ring substituents is 1. The number of anilines is 1. The topological polar surface area (TPSA) is 72.7 Å². The summed E-state index contributed by atoms with van der Waals surface area (Å²) in [7, 11) is 0. The maximum absolute atomic E-state index is 10.6. The predicted octanol–water partition coefficient (Wildman–Crippen LogP) is 1.85. The van der Waals surface area contributed by atoms with E-state index in [2.05, 4.69) is 0 Å². The lowest BCUT2D eigenvalue weighted by Gasteiger charge is -2.14. The first kappa shape index (κ1) is 11.1. The Hall–Kier alpha value is -2.37. The van der Waals surface area contributed by atoms with E-state index in [1.54, 1.807) is 11.0 Å². The molecule has 0 aromatic heterocycles. The third-order valence-electron chi connectivity index (χ3n) is 2.45. The molecule has 1 heterocycles. The summed E-state index contributed by atoms with van der Waals surface area (Å²) >= 11 is 0. The highest BCUT2D eigenvalue weighted by molar-refractivity contribution is 5.74. The monoisotopic (exact) mass is 234 g/mol. The molecular formula is C11H10N2O4. The van der Waals surface area contributed by atoms with E-state index in [4.69, 9.17) is 4.74 Å². The van der Waals surface area contributed by atoms with Crippen molar-refractivity contribution in [3.8, 4) is 5.75 Å². The summed E-state index contributed by atoms with van der Waals surface area (Å²) in [6.45, 7) is 2.52. The van der Waals surface area contributed by atoms with Gasteiger partial charge >= 0.3 is 0 Å². The molecular weight excluding hydrogens is 224 g/mol. The molecule has 1 aromatic carbocycles. The highest BCUT2D eigenvalue weighted by Gasteiger charge is 2.26. The number of nitrogens with zero attached hydrogens (tertiary/aromatic N) is 2. The van der Waals surface area contributed by atoms with Gasteiger partial charge in [-0.2, -0.15) is 0 Å². The molecule has 0 saturated heterocycles. The highest BCUT2D eigenvalue weighted by atomic mass is 16.6. The summed E-state index contributed by atoms with van der Waals surface area (Å²) < 4.78 is 5.39. The Labute approximate surface area is 97.2 Å². The number of rotatable bonds is 3. The molecule has 6 heteroatoms. The van der Waals surface area contributed by atoms with E-state index in [1.807, 2.05) is 6.92 Å². The predicted molar refractivity (Wildman–Crippen MR) is 60.9 cm³/mol. The van der Waals surface area contributed by atoms with Gasteiger partial charge in [0.25, 0.3) is 5.69 Å². The Morgan fingerprint density at radius 2 is 2.29 bits per heavy atom. The molecule has 1 aliphatic rings. The molecule has 0 radical (unpaired) electrons. The van der Waals surface area contributed by atoms with Crippen LogP contribution >= 0.6 is 0 Å². The zero-order valence-electron chi connectivity index (χ0n) is 9.12. The number of fused-ring (bicyclic) bond motifs is 1. The van der Waals surface area contributed by atoms with Crippen molar-refractivity contribution in [3.63, 3.8) is 0 Å². The molecule has 0 atom stereocenters. The molecule has 6 nitrogen and oxygen atoms in total. The van der Waals surface area contributed by atoms with Crippen LogP contribution in [0.4, 0.5) is 11.4 Å². The van der Waals surface area contributed by atoms with Crippen molar-refractivity contribution in [2.24, 2.45) is 0 Å². The first-order valence-corrected chi connectivity index (χ1v) is 5.06. The summed E-state index contributed by atoms with van der Waals surface area (Å²) in [6.07, 6.45) is 1.91. The van der Waals surface area contributed by atoms with Gasteiger partial charge in [0.15, 0.2) is 5.75 Å². The van der Waals surface area contributed by atoms with E-state index in [-0.39, 0.29) is 5.69 Å². The summed E-state index contributed by atoms with van der Waals surface area (Å²) in [4.78, 5) is 22.4. The Morgan fingerprint density at radius 1 is 1.53 bits per heavy atom. The van der Waals surface area contributed by atoms with Crippen molar-refractivity contribution in [1.82, 2.24) is 0 Å². The van der Waals surface area contributed by atoms with Crippen molar-refractivity contribution >= 4 is 17.7 Å². The SMILES string of the molecule is CCN1C(=CC=O)Oc2cc([N+](=O)[O-])ccc21. The summed E-state index contributed by atoms with van der Waals surface area (Å²) in [5.74, 6) is 0.784. The lowest BCUT2D eigenvalue weighted by atomic mass is 10.2. The quantitative estimate of drug-likeness (QED) is 0.345. The fourth-order valence-corrected chi connectivity index (χ4v) is 1.72. The number of hydrogen-bond acceptors (Lipinski definition) is 5. The van der Waals surface area contributed by atoms with E-state index in [0.29, 0.717) is 24.5 Å². The van der Waals surface area contributed by atoms with Gasteiger partial charge in [-0.05, 0) is 13.0 Å². The largest absolute Gasteiger partial charge is 0.438 e. The highest BCUT2D eigenvalue weighted by Crippen LogP contribution is 2.40. The summed E-state index contributed by atoms with van der Waals surface area (Å²) in [6, 6.07) is 4.38. The van der Waals surface area contributed by atoms with Crippen molar-refractivity contribution in [2.75, 3.05) is 11.4 Å². The van der Waals surface area contributed by atoms with E-state index < -0.39 is 4.92 Å². The van der Waals surface area contributed by atoms with E-state index in [1.165, 1.54) is 18.2 Å². The van der Waals surface area contributed by atoms with Gasteiger partial charge in [-0.3, -0.25) is 14.9 Å². The molecule has 2 rings (SSSR count). The van der Waals surface area contributed by atoms with Crippen molar-refractivity contribution in [3.05, 3.63) is 40.3 Å². The third kappa shape index (κ3) is 1.84. The minimum Gasteiger partial charge on any atom is -0.438 e. The Balaban J connectivity index is 2.45. The molecule has 88 valence electrons. The van der Waals surface area contributed by atoms with Gasteiger partial charge in [0.1, 0.15) is 6.29 Å². The number of allylic oxidation sites excluding steroid dienone is 1. The lowest BCUT2D eigenvalue weighted by Crippen LogP contribution is -2.19. The maximum Gasteiger partial charge on any atom is 0.273 e. The second-order valence-corrected chi connectivity index (χ2v) is 3.40. The minimum absolute atomic E-state index is 0.0350. The summed E-state index contributed by atoms with van der Waals surface area (Å²) in [5, 5.41) is 10.6. The fraction of sp³-hybridized carbons (Fsp3) is 0.182. The van der Waals surface area contributed by atoms with Crippen molar-refractivity contribution in [1.29, 1.82) is 0 Å². The molecule has 0 bridgehead atoms. The fourth-order valence-electron chi connectivity index (χ4n) is 1.72. The van der Waals surface area contributed by atoms with Crippen LogP contribution in [-0.4, -0.2) is 17.8 Å². The van der Waals surface area contributed by atoms with Crippen LogP contribution in [0.15, 0.2) is 30.2 Å². The number of non-ortho nitro benzene ring substituents is 1. The van der Waals surface area contributed by atoms with Gasteiger partial charge in [-0.15, -0.1) is 0 Å². The second kappa shape index (κ2) is 4.25. The van der Waals surface area contributed by atoms with Gasteiger partial charge in [-0.1, -0.05) is 0 Å². The number of benzene rings is 1. The van der Waals surface area contributed by atoms with Crippen LogP contribution in [0.3, 0.4) is 0 Å². The molecule has 0 aliphatic carbocycles. The molecule has 0 fully saturated rings. The van der Waals surface area contributed by atoms with E-state index in [0.717, 1.165) is 5.69 Å². The van der Waals surface area contributed by atoms with Gasteiger partial charge in [-0.25, -0.2) is 0 Å². The first-order valence-electron chi connectivity index (χ1n) is 5.06. The normalized spacial score (nSPS) is 15.6. The zero-order valence-corrected chi connectivity index (χ0v) is 9.12. The molecule has 0 unspecified atom stereocenters. The van der Waals surface area contributed by atoms with Gasteiger partial charge < -0.3 is 9.64 Å². The number of carbonyl (C=O) groups is 1. The Bertz CT molecular complexity index is 510. The van der Waals surface area contributed by atoms with Gasteiger partial charge in [0.05, 0.1) is 16.7 Å². The second-order valence-electron chi connectivity index (χ2n) is 3.40. The van der Waals surface area contributed by atoms with Crippen LogP contribution in [0.1, 0.15) is 6.92 Å². The molecule has 1 aromatic rings. The van der Waals surface area contributed by atoms with E-state index >= 15 is 0 Å². The number of nitro groups is 1. The zero-order chi connectivity index (χ0) is 12.4. The van der Waals surface area contributed by atoms with Crippen LogP contribution < -0.4 is 9.64 Å². The summed E-state index contributed by atoms with van der Waals surface area (Å²) in [5.41, 5.74) is 0.693. The van der Waals surface area contributed by atoms with Crippen LogP contribution in [0, 0.1) is 10.1 Å².